The average molecular weight is 342 g/mol. The van der Waals surface area contributed by atoms with Crippen LogP contribution < -0.4 is 5.32 Å². The Morgan fingerprint density at radius 2 is 1.48 bits per heavy atom. The Hall–Kier alpha value is -2.04. The van der Waals surface area contributed by atoms with Crippen molar-refractivity contribution in [1.29, 1.82) is 0 Å². The van der Waals surface area contributed by atoms with Crippen LogP contribution in [0.5, 0.6) is 0 Å². The van der Waals surface area contributed by atoms with Crippen molar-refractivity contribution >= 4 is 5.57 Å². The van der Waals surface area contributed by atoms with Crippen LogP contribution in [0.25, 0.3) is 5.57 Å². The number of halogens is 2. The van der Waals surface area contributed by atoms with Crippen molar-refractivity contribution in [1.82, 2.24) is 10.2 Å². The van der Waals surface area contributed by atoms with Crippen molar-refractivity contribution < 1.29 is 8.78 Å². The zero-order chi connectivity index (χ0) is 17.5. The molecule has 0 unspecified atom stereocenters. The topological polar surface area (TPSA) is 15.3 Å². The summed E-state index contributed by atoms with van der Waals surface area (Å²) in [6.45, 7) is 5.29. The molecule has 3 rings (SSSR count). The van der Waals surface area contributed by atoms with Gasteiger partial charge in [0.2, 0.25) is 0 Å². The van der Waals surface area contributed by atoms with E-state index in [1.54, 1.807) is 24.3 Å². The van der Waals surface area contributed by atoms with Crippen LogP contribution in [0.2, 0.25) is 0 Å². The van der Waals surface area contributed by atoms with Crippen molar-refractivity contribution in [3.8, 4) is 0 Å². The largest absolute Gasteiger partial charge is 0.315 e. The third kappa shape index (κ3) is 5.21. The quantitative estimate of drug-likeness (QED) is 0.881. The van der Waals surface area contributed by atoms with Gasteiger partial charge in [0.15, 0.2) is 0 Å². The molecule has 0 aliphatic carbocycles. The smallest absolute Gasteiger partial charge is 0.123 e. The van der Waals surface area contributed by atoms with Crippen LogP contribution in [0.15, 0.2) is 54.6 Å². The van der Waals surface area contributed by atoms with Gasteiger partial charge >= 0.3 is 0 Å². The Kier molecular flexibility index (Phi) is 6.31. The van der Waals surface area contributed by atoms with Crippen molar-refractivity contribution in [3.63, 3.8) is 0 Å². The Morgan fingerprint density at radius 3 is 2.08 bits per heavy atom. The van der Waals surface area contributed by atoms with Gasteiger partial charge in [0, 0.05) is 19.6 Å². The lowest BCUT2D eigenvalue weighted by molar-refractivity contribution is 0.298. The molecule has 0 atom stereocenters. The lowest BCUT2D eigenvalue weighted by atomic mass is 9.96. The molecule has 0 aromatic heterocycles. The first-order valence-electron chi connectivity index (χ1n) is 8.87. The molecule has 1 heterocycles. The molecule has 0 saturated carbocycles. The number of hydrogen-bond donors (Lipinski definition) is 1. The first kappa shape index (κ1) is 17.8. The van der Waals surface area contributed by atoms with Gasteiger partial charge in [-0.3, -0.25) is 0 Å². The maximum absolute atomic E-state index is 13.3. The molecule has 0 bridgehead atoms. The van der Waals surface area contributed by atoms with Gasteiger partial charge in [0.1, 0.15) is 11.6 Å². The SMILES string of the molecule is Fc1ccc(C(=CCCN2CCCNCC2)c2ccc(F)cc2)cc1. The first-order chi connectivity index (χ1) is 12.2. The highest BCUT2D eigenvalue weighted by molar-refractivity contribution is 5.79. The number of benzene rings is 2. The molecule has 4 heteroatoms. The minimum atomic E-state index is -0.251. The maximum Gasteiger partial charge on any atom is 0.123 e. The summed E-state index contributed by atoms with van der Waals surface area (Å²) in [5.41, 5.74) is 2.92. The molecule has 2 aromatic carbocycles. The number of rotatable bonds is 5. The van der Waals surface area contributed by atoms with Gasteiger partial charge < -0.3 is 10.2 Å². The van der Waals surface area contributed by atoms with Gasteiger partial charge in [-0.1, -0.05) is 30.3 Å². The van der Waals surface area contributed by atoms with Crippen LogP contribution in [0.1, 0.15) is 24.0 Å². The van der Waals surface area contributed by atoms with Gasteiger partial charge in [-0.25, -0.2) is 8.78 Å². The van der Waals surface area contributed by atoms with E-state index >= 15 is 0 Å². The Morgan fingerprint density at radius 1 is 0.880 bits per heavy atom. The molecular formula is C21H24F2N2. The van der Waals surface area contributed by atoms with Crippen LogP contribution in [-0.4, -0.2) is 37.6 Å². The molecule has 1 aliphatic rings. The summed E-state index contributed by atoms with van der Waals surface area (Å²) in [4.78, 5) is 2.46. The molecule has 132 valence electrons. The number of nitrogens with one attached hydrogen (secondary N) is 1. The van der Waals surface area contributed by atoms with Gasteiger partial charge in [-0.05, 0) is 66.9 Å². The third-order valence-electron chi connectivity index (χ3n) is 4.54. The van der Waals surface area contributed by atoms with E-state index in [4.69, 9.17) is 0 Å². The predicted molar refractivity (Wildman–Crippen MR) is 98.4 cm³/mol. The summed E-state index contributed by atoms with van der Waals surface area (Å²) in [7, 11) is 0. The van der Waals surface area contributed by atoms with Gasteiger partial charge in [-0.2, -0.15) is 0 Å². The van der Waals surface area contributed by atoms with Crippen molar-refractivity contribution in [2.24, 2.45) is 0 Å². The van der Waals surface area contributed by atoms with Crippen molar-refractivity contribution in [2.45, 2.75) is 12.8 Å². The standard InChI is InChI=1S/C21H24F2N2/c22-19-8-4-17(5-9-19)21(18-6-10-20(23)11-7-18)3-1-14-25-15-2-12-24-13-16-25/h3-11,24H,1-2,12-16H2. The number of nitrogens with zero attached hydrogens (tertiary/aromatic N) is 1. The van der Waals surface area contributed by atoms with Crippen LogP contribution in [0, 0.1) is 11.6 Å². The van der Waals surface area contributed by atoms with Gasteiger partial charge in [-0.15, -0.1) is 0 Å². The predicted octanol–water partition coefficient (Wildman–Crippen LogP) is 4.08. The van der Waals surface area contributed by atoms with E-state index in [-0.39, 0.29) is 11.6 Å². The molecular weight excluding hydrogens is 318 g/mol. The van der Waals surface area contributed by atoms with E-state index in [0.717, 1.165) is 55.8 Å². The second-order valence-corrected chi connectivity index (χ2v) is 6.37. The molecule has 1 saturated heterocycles. The van der Waals surface area contributed by atoms with Crippen LogP contribution in [0.4, 0.5) is 8.78 Å². The molecule has 2 aromatic rings. The highest BCUT2D eigenvalue weighted by Gasteiger charge is 2.09. The number of hydrogen-bond acceptors (Lipinski definition) is 2. The summed E-state index contributed by atoms with van der Waals surface area (Å²) in [5, 5.41) is 3.41. The van der Waals surface area contributed by atoms with E-state index in [9.17, 15) is 8.78 Å². The van der Waals surface area contributed by atoms with E-state index in [1.165, 1.54) is 30.7 Å². The molecule has 0 radical (unpaired) electrons. The fourth-order valence-corrected chi connectivity index (χ4v) is 3.18. The fraction of sp³-hybridized carbons (Fsp3) is 0.333. The summed E-state index contributed by atoms with van der Waals surface area (Å²) < 4.78 is 26.5. The zero-order valence-corrected chi connectivity index (χ0v) is 14.3. The Bertz CT molecular complexity index is 637. The molecule has 0 spiro atoms. The highest BCUT2D eigenvalue weighted by Crippen LogP contribution is 2.24. The second kappa shape index (κ2) is 8.88. The monoisotopic (exact) mass is 342 g/mol. The van der Waals surface area contributed by atoms with Crippen LogP contribution in [-0.2, 0) is 0 Å². The van der Waals surface area contributed by atoms with E-state index in [0.29, 0.717) is 0 Å². The van der Waals surface area contributed by atoms with Gasteiger partial charge in [0.05, 0.1) is 0 Å². The molecule has 0 amide bonds. The minimum absolute atomic E-state index is 0.251. The first-order valence-corrected chi connectivity index (χ1v) is 8.87. The molecule has 2 nitrogen and oxygen atoms in total. The zero-order valence-electron chi connectivity index (χ0n) is 14.3. The maximum atomic E-state index is 13.3. The average Bonchev–Trinajstić information content (AvgIpc) is 2.90. The van der Waals surface area contributed by atoms with Crippen molar-refractivity contribution in [2.75, 3.05) is 32.7 Å². The van der Waals surface area contributed by atoms with Crippen LogP contribution in [0.3, 0.4) is 0 Å². The minimum Gasteiger partial charge on any atom is -0.315 e. The summed E-state index contributed by atoms with van der Waals surface area (Å²) >= 11 is 0. The van der Waals surface area contributed by atoms with Gasteiger partial charge in [0.25, 0.3) is 0 Å². The van der Waals surface area contributed by atoms with E-state index in [1.807, 2.05) is 0 Å². The molecule has 1 aliphatic heterocycles. The molecule has 1 N–H and O–H groups in total. The summed E-state index contributed by atoms with van der Waals surface area (Å²) in [6, 6.07) is 13.0. The fourth-order valence-electron chi connectivity index (χ4n) is 3.18. The molecule has 1 fully saturated rings. The highest BCUT2D eigenvalue weighted by atomic mass is 19.1. The Balaban J connectivity index is 1.77. The van der Waals surface area contributed by atoms with E-state index in [2.05, 4.69) is 16.3 Å². The normalized spacial score (nSPS) is 15.6. The van der Waals surface area contributed by atoms with E-state index < -0.39 is 0 Å². The third-order valence-corrected chi connectivity index (χ3v) is 4.54. The second-order valence-electron chi connectivity index (χ2n) is 6.37. The lowest BCUT2D eigenvalue weighted by Gasteiger charge is -2.18. The summed E-state index contributed by atoms with van der Waals surface area (Å²) in [6.07, 6.45) is 4.26. The Labute approximate surface area is 148 Å². The van der Waals surface area contributed by atoms with Crippen molar-refractivity contribution in [3.05, 3.63) is 77.4 Å². The molecule has 25 heavy (non-hydrogen) atoms. The summed E-state index contributed by atoms with van der Waals surface area (Å²) in [5.74, 6) is -0.501. The lowest BCUT2D eigenvalue weighted by Crippen LogP contribution is -2.28. The van der Waals surface area contributed by atoms with Crippen LogP contribution >= 0.6 is 0 Å².